The van der Waals surface area contributed by atoms with Crippen LogP contribution in [0, 0.1) is 0 Å². The lowest BCUT2D eigenvalue weighted by Crippen LogP contribution is -2.54. The van der Waals surface area contributed by atoms with Crippen LogP contribution in [0.4, 0.5) is 0 Å². The third-order valence-corrected chi connectivity index (χ3v) is 2.21. The maximum atomic E-state index is 9.68. The smallest absolute Gasteiger partial charge is 0.185 e. The van der Waals surface area contributed by atoms with Crippen LogP contribution in [0.15, 0.2) is 0 Å². The van der Waals surface area contributed by atoms with Gasteiger partial charge >= 0.3 is 0 Å². The molecule has 4 atom stereocenters. The average Bonchev–Trinajstić information content (AvgIpc) is 2.17. The summed E-state index contributed by atoms with van der Waals surface area (Å²) in [6.45, 7) is 0.366. The van der Waals surface area contributed by atoms with Gasteiger partial charge in [-0.05, 0) is 0 Å². The summed E-state index contributed by atoms with van der Waals surface area (Å²) in [6, 6.07) is 0. The summed E-state index contributed by atoms with van der Waals surface area (Å²) in [5.41, 5.74) is 0. The van der Waals surface area contributed by atoms with Gasteiger partial charge in [-0.1, -0.05) is 0 Å². The fourth-order valence-corrected chi connectivity index (χ4v) is 1.46. The Hall–Kier alpha value is -0.200. The van der Waals surface area contributed by atoms with E-state index in [1.807, 2.05) is 0 Å². The van der Waals surface area contributed by atoms with Crippen molar-refractivity contribution in [1.82, 2.24) is 0 Å². The van der Waals surface area contributed by atoms with Crippen LogP contribution in [0.5, 0.6) is 0 Å². The minimum absolute atomic E-state index is 0.244. The molecule has 1 aliphatic heterocycles. The molecule has 0 aromatic rings. The largest absolute Gasteiger partial charge is 0.385 e. The average molecular weight is 192 g/mol. The van der Waals surface area contributed by atoms with Crippen LogP contribution in [0.3, 0.4) is 0 Å². The van der Waals surface area contributed by atoms with Crippen molar-refractivity contribution in [3.8, 4) is 0 Å². The second kappa shape index (κ2) is 4.88. The highest BCUT2D eigenvalue weighted by atomic mass is 16.7. The zero-order valence-corrected chi connectivity index (χ0v) is 8.10. The fraction of sp³-hybridized carbons (Fsp3) is 1.00. The molecule has 0 spiro atoms. The molecule has 1 saturated heterocycles. The van der Waals surface area contributed by atoms with E-state index in [9.17, 15) is 5.11 Å². The number of rotatable bonds is 3. The van der Waals surface area contributed by atoms with E-state index in [1.54, 1.807) is 7.11 Å². The standard InChI is InChI=1S/C8H16O5/c1-10-5-4-13-8(12-3)6(9)7(5)11-2/h5-9H,4H2,1-3H3. The molecule has 78 valence electrons. The van der Waals surface area contributed by atoms with Gasteiger partial charge in [0.25, 0.3) is 0 Å². The Kier molecular flexibility index (Phi) is 4.08. The van der Waals surface area contributed by atoms with Gasteiger partial charge in [0.15, 0.2) is 6.29 Å². The molecule has 0 saturated carbocycles. The fourth-order valence-electron chi connectivity index (χ4n) is 1.46. The summed E-state index contributed by atoms with van der Waals surface area (Å²) in [7, 11) is 4.56. The number of hydrogen-bond donors (Lipinski definition) is 1. The van der Waals surface area contributed by atoms with E-state index >= 15 is 0 Å². The molecular weight excluding hydrogens is 176 g/mol. The molecule has 1 fully saturated rings. The summed E-state index contributed by atoms with van der Waals surface area (Å²) in [4.78, 5) is 0. The van der Waals surface area contributed by atoms with E-state index in [-0.39, 0.29) is 6.10 Å². The maximum absolute atomic E-state index is 9.68. The van der Waals surface area contributed by atoms with Gasteiger partial charge in [0, 0.05) is 21.3 Å². The van der Waals surface area contributed by atoms with Crippen molar-refractivity contribution in [2.75, 3.05) is 27.9 Å². The third-order valence-electron chi connectivity index (χ3n) is 2.21. The van der Waals surface area contributed by atoms with Crippen molar-refractivity contribution in [2.45, 2.75) is 24.6 Å². The lowest BCUT2D eigenvalue weighted by molar-refractivity contribution is -0.270. The van der Waals surface area contributed by atoms with Gasteiger partial charge < -0.3 is 24.1 Å². The molecule has 1 heterocycles. The van der Waals surface area contributed by atoms with Gasteiger partial charge in [-0.2, -0.15) is 0 Å². The molecule has 4 unspecified atom stereocenters. The van der Waals surface area contributed by atoms with Gasteiger partial charge in [-0.3, -0.25) is 0 Å². The molecule has 1 aliphatic rings. The van der Waals surface area contributed by atoms with E-state index in [2.05, 4.69) is 0 Å². The number of aliphatic hydroxyl groups excluding tert-OH is 1. The Labute approximate surface area is 77.5 Å². The first kappa shape index (κ1) is 10.9. The van der Waals surface area contributed by atoms with Crippen molar-refractivity contribution >= 4 is 0 Å². The van der Waals surface area contributed by atoms with Crippen molar-refractivity contribution in [3.63, 3.8) is 0 Å². The highest BCUT2D eigenvalue weighted by Crippen LogP contribution is 2.19. The van der Waals surface area contributed by atoms with E-state index < -0.39 is 18.5 Å². The quantitative estimate of drug-likeness (QED) is 0.646. The molecule has 5 nitrogen and oxygen atoms in total. The predicted octanol–water partition coefficient (Wildman–Crippen LogP) is -0.620. The van der Waals surface area contributed by atoms with Crippen LogP contribution in [-0.2, 0) is 18.9 Å². The lowest BCUT2D eigenvalue weighted by Gasteiger charge is -2.37. The monoisotopic (exact) mass is 192 g/mol. The van der Waals surface area contributed by atoms with Crippen LogP contribution in [-0.4, -0.2) is 57.6 Å². The third kappa shape index (κ3) is 2.18. The van der Waals surface area contributed by atoms with Crippen LogP contribution in [0.1, 0.15) is 0 Å². The summed E-state index contributed by atoms with van der Waals surface area (Å²) in [6.07, 6.45) is -2.08. The second-order valence-corrected chi connectivity index (χ2v) is 2.90. The molecule has 0 amide bonds. The molecule has 0 radical (unpaired) electrons. The zero-order valence-electron chi connectivity index (χ0n) is 8.10. The maximum Gasteiger partial charge on any atom is 0.185 e. The van der Waals surface area contributed by atoms with E-state index in [0.29, 0.717) is 6.61 Å². The zero-order chi connectivity index (χ0) is 9.84. The first-order valence-corrected chi connectivity index (χ1v) is 4.12. The minimum Gasteiger partial charge on any atom is -0.385 e. The topological polar surface area (TPSA) is 57.2 Å². The van der Waals surface area contributed by atoms with Gasteiger partial charge in [0.1, 0.15) is 18.3 Å². The molecule has 1 N–H and O–H groups in total. The molecule has 1 rings (SSSR count). The van der Waals surface area contributed by atoms with Crippen molar-refractivity contribution < 1.29 is 24.1 Å². The van der Waals surface area contributed by atoms with Crippen LogP contribution in [0.2, 0.25) is 0 Å². The first-order chi connectivity index (χ1) is 6.24. The molecule has 13 heavy (non-hydrogen) atoms. The predicted molar refractivity (Wildman–Crippen MR) is 44.3 cm³/mol. The van der Waals surface area contributed by atoms with Gasteiger partial charge in [-0.15, -0.1) is 0 Å². The van der Waals surface area contributed by atoms with E-state index in [4.69, 9.17) is 18.9 Å². The summed E-state index contributed by atoms with van der Waals surface area (Å²) in [5, 5.41) is 9.68. The molecule has 0 aromatic carbocycles. The van der Waals surface area contributed by atoms with Crippen molar-refractivity contribution in [1.29, 1.82) is 0 Å². The summed E-state index contributed by atoms with van der Waals surface area (Å²) < 4.78 is 20.3. The number of hydrogen-bond acceptors (Lipinski definition) is 5. The molecule has 5 heteroatoms. The Morgan fingerprint density at radius 1 is 1.15 bits per heavy atom. The Bertz CT molecular complexity index is 151. The SMILES string of the molecule is COC1COC(OC)C(O)C1OC. The molecule has 0 aliphatic carbocycles. The highest BCUT2D eigenvalue weighted by Gasteiger charge is 2.40. The normalized spacial score (nSPS) is 40.6. The van der Waals surface area contributed by atoms with E-state index in [1.165, 1.54) is 14.2 Å². The van der Waals surface area contributed by atoms with Crippen molar-refractivity contribution in [2.24, 2.45) is 0 Å². The molecule has 0 bridgehead atoms. The van der Waals surface area contributed by atoms with Gasteiger partial charge in [0.05, 0.1) is 6.61 Å². The highest BCUT2D eigenvalue weighted by molar-refractivity contribution is 4.84. The lowest BCUT2D eigenvalue weighted by atomic mass is 10.1. The van der Waals surface area contributed by atoms with Crippen LogP contribution < -0.4 is 0 Å². The number of aliphatic hydroxyl groups is 1. The summed E-state index contributed by atoms with van der Waals surface area (Å²) >= 11 is 0. The first-order valence-electron chi connectivity index (χ1n) is 4.12. The van der Waals surface area contributed by atoms with E-state index in [0.717, 1.165) is 0 Å². The summed E-state index contributed by atoms with van der Waals surface area (Å²) in [5.74, 6) is 0. The van der Waals surface area contributed by atoms with Crippen molar-refractivity contribution in [3.05, 3.63) is 0 Å². The minimum atomic E-state index is -0.811. The van der Waals surface area contributed by atoms with Gasteiger partial charge in [-0.25, -0.2) is 0 Å². The Morgan fingerprint density at radius 2 is 1.85 bits per heavy atom. The molecule has 0 aromatic heterocycles. The molecular formula is C8H16O5. The van der Waals surface area contributed by atoms with Crippen LogP contribution >= 0.6 is 0 Å². The number of methoxy groups -OCH3 is 3. The van der Waals surface area contributed by atoms with Gasteiger partial charge in [0.2, 0.25) is 0 Å². The second-order valence-electron chi connectivity index (χ2n) is 2.90. The van der Waals surface area contributed by atoms with Crippen LogP contribution in [0.25, 0.3) is 0 Å². The Morgan fingerprint density at radius 3 is 2.31 bits per heavy atom. The Balaban J connectivity index is 2.59. The number of ether oxygens (including phenoxy) is 4.